The van der Waals surface area contributed by atoms with Crippen LogP contribution >= 0.6 is 0 Å². The van der Waals surface area contributed by atoms with Gasteiger partial charge in [0, 0.05) is 0 Å². The summed E-state index contributed by atoms with van der Waals surface area (Å²) in [7, 11) is 0. The molecule has 9 heavy (non-hydrogen) atoms. The Kier molecular flexibility index (Phi) is 1.50. The summed E-state index contributed by atoms with van der Waals surface area (Å²) in [5.41, 5.74) is 0. The molecule has 1 aliphatic rings. The van der Waals surface area contributed by atoms with E-state index >= 15 is 0 Å². The van der Waals surface area contributed by atoms with E-state index in [1.165, 1.54) is 0 Å². The van der Waals surface area contributed by atoms with Crippen LogP contribution in [0, 0.1) is 0 Å². The zero-order valence-corrected chi connectivity index (χ0v) is 5.92. The van der Waals surface area contributed by atoms with Crippen molar-refractivity contribution in [3.8, 4) is 0 Å². The number of aliphatic hydroxyl groups excluding tert-OH is 1. The molecule has 0 aromatic heterocycles. The fourth-order valence-electron chi connectivity index (χ4n) is 0.920. The topological polar surface area (TPSA) is 38.7 Å². The maximum absolute atomic E-state index is 8.99. The fourth-order valence-corrected chi connectivity index (χ4v) is 0.920. The van der Waals surface area contributed by atoms with Gasteiger partial charge in [0.25, 0.3) is 0 Å². The Hall–Kier alpha value is -0.120. The first kappa shape index (κ1) is 6.99. The summed E-state index contributed by atoms with van der Waals surface area (Å²) < 4.78 is 10.2. The molecule has 0 aromatic carbocycles. The maximum atomic E-state index is 8.99. The van der Waals surface area contributed by atoms with E-state index in [-0.39, 0.29) is 6.10 Å². The highest BCUT2D eigenvalue weighted by molar-refractivity contribution is 4.69. The number of aliphatic hydroxyl groups is 1. The van der Waals surface area contributed by atoms with E-state index in [9.17, 15) is 0 Å². The van der Waals surface area contributed by atoms with Crippen LogP contribution in [0.4, 0.5) is 0 Å². The standard InChI is InChI=1S/C6H12O3/c1-4-5(7)9-6(2,3)8-4/h4-5,7H,1-3H3/t4-,5?/m0/s1. The van der Waals surface area contributed by atoms with Crippen LogP contribution in [-0.2, 0) is 9.47 Å². The summed E-state index contributed by atoms with van der Waals surface area (Å²) in [6.07, 6.45) is -0.972. The fraction of sp³-hybridized carbons (Fsp3) is 1.00. The Bertz CT molecular complexity index is 98.9. The second-order valence-electron chi connectivity index (χ2n) is 2.73. The minimum absolute atomic E-state index is 0.208. The molecule has 1 aliphatic heterocycles. The average Bonchev–Trinajstić information content (AvgIpc) is 1.79. The van der Waals surface area contributed by atoms with E-state index < -0.39 is 12.1 Å². The van der Waals surface area contributed by atoms with Crippen molar-refractivity contribution in [2.24, 2.45) is 0 Å². The third-order valence-electron chi connectivity index (χ3n) is 1.28. The van der Waals surface area contributed by atoms with E-state index in [0.29, 0.717) is 0 Å². The van der Waals surface area contributed by atoms with Gasteiger partial charge in [-0.2, -0.15) is 0 Å². The van der Waals surface area contributed by atoms with Gasteiger partial charge in [0.2, 0.25) is 0 Å². The van der Waals surface area contributed by atoms with Crippen LogP contribution in [0.3, 0.4) is 0 Å². The van der Waals surface area contributed by atoms with Gasteiger partial charge in [0.1, 0.15) is 6.10 Å². The van der Waals surface area contributed by atoms with Gasteiger partial charge in [-0.1, -0.05) is 0 Å². The van der Waals surface area contributed by atoms with Gasteiger partial charge in [-0.15, -0.1) is 0 Å². The number of hydrogen-bond acceptors (Lipinski definition) is 3. The molecule has 3 heteroatoms. The summed E-state index contributed by atoms with van der Waals surface area (Å²) in [6.45, 7) is 5.33. The van der Waals surface area contributed by atoms with Crippen molar-refractivity contribution in [2.45, 2.75) is 39.0 Å². The molecule has 1 fully saturated rings. The van der Waals surface area contributed by atoms with Crippen LogP contribution < -0.4 is 0 Å². The van der Waals surface area contributed by atoms with E-state index in [4.69, 9.17) is 14.6 Å². The molecule has 0 bridgehead atoms. The predicted octanol–water partition coefficient (Wildman–Crippen LogP) is 0.476. The van der Waals surface area contributed by atoms with Gasteiger partial charge in [-0.25, -0.2) is 0 Å². The van der Waals surface area contributed by atoms with E-state index in [1.807, 2.05) is 0 Å². The van der Waals surface area contributed by atoms with Crippen LogP contribution in [0.1, 0.15) is 20.8 Å². The zero-order valence-electron chi connectivity index (χ0n) is 5.92. The molecule has 1 heterocycles. The molecular weight excluding hydrogens is 120 g/mol. The zero-order chi connectivity index (χ0) is 7.07. The van der Waals surface area contributed by atoms with Crippen molar-refractivity contribution in [1.82, 2.24) is 0 Å². The molecule has 0 amide bonds. The quantitative estimate of drug-likeness (QED) is 0.521. The van der Waals surface area contributed by atoms with Crippen molar-refractivity contribution in [2.75, 3.05) is 0 Å². The lowest BCUT2D eigenvalue weighted by Crippen LogP contribution is -2.21. The summed E-state index contributed by atoms with van der Waals surface area (Å²) in [6, 6.07) is 0. The summed E-state index contributed by atoms with van der Waals surface area (Å²) in [4.78, 5) is 0. The van der Waals surface area contributed by atoms with Gasteiger partial charge >= 0.3 is 0 Å². The Balaban J connectivity index is 2.54. The van der Waals surface area contributed by atoms with Crippen molar-refractivity contribution in [1.29, 1.82) is 0 Å². The summed E-state index contributed by atoms with van der Waals surface area (Å²) in [5.74, 6) is -0.612. The van der Waals surface area contributed by atoms with Gasteiger partial charge < -0.3 is 14.6 Å². The molecule has 1 unspecified atom stereocenters. The van der Waals surface area contributed by atoms with E-state index in [2.05, 4.69) is 0 Å². The van der Waals surface area contributed by atoms with Crippen LogP contribution in [0.15, 0.2) is 0 Å². The number of rotatable bonds is 0. The molecule has 1 rings (SSSR count). The second-order valence-corrected chi connectivity index (χ2v) is 2.73. The monoisotopic (exact) mass is 132 g/mol. The lowest BCUT2D eigenvalue weighted by atomic mass is 10.4. The molecule has 3 nitrogen and oxygen atoms in total. The summed E-state index contributed by atoms with van der Waals surface area (Å²) in [5, 5.41) is 8.99. The first-order chi connectivity index (χ1) is 4.01. The highest BCUT2D eigenvalue weighted by atomic mass is 16.8. The van der Waals surface area contributed by atoms with E-state index in [1.54, 1.807) is 20.8 Å². The summed E-state index contributed by atoms with van der Waals surface area (Å²) >= 11 is 0. The van der Waals surface area contributed by atoms with Gasteiger partial charge in [0.05, 0.1) is 0 Å². The largest absolute Gasteiger partial charge is 0.366 e. The minimum Gasteiger partial charge on any atom is -0.366 e. The third kappa shape index (κ3) is 1.41. The molecular formula is C6H12O3. The Labute approximate surface area is 54.6 Å². The van der Waals surface area contributed by atoms with Gasteiger partial charge in [-0.05, 0) is 20.8 Å². The molecule has 0 radical (unpaired) electrons. The van der Waals surface area contributed by atoms with Gasteiger partial charge in [0.15, 0.2) is 12.1 Å². The first-order valence-electron chi connectivity index (χ1n) is 3.05. The van der Waals surface area contributed by atoms with Crippen molar-refractivity contribution in [3.63, 3.8) is 0 Å². The lowest BCUT2D eigenvalue weighted by Gasteiger charge is -2.14. The SMILES string of the molecule is C[C@@H]1OC(C)(C)OC1O. The van der Waals surface area contributed by atoms with E-state index in [0.717, 1.165) is 0 Å². The minimum atomic E-state index is -0.764. The highest BCUT2D eigenvalue weighted by Crippen LogP contribution is 2.25. The molecule has 0 spiro atoms. The Morgan fingerprint density at radius 1 is 1.33 bits per heavy atom. The third-order valence-corrected chi connectivity index (χ3v) is 1.28. The molecule has 0 aromatic rings. The van der Waals surface area contributed by atoms with Crippen LogP contribution in [0.2, 0.25) is 0 Å². The molecule has 2 atom stereocenters. The average molecular weight is 132 g/mol. The molecule has 0 aliphatic carbocycles. The first-order valence-corrected chi connectivity index (χ1v) is 3.05. The van der Waals surface area contributed by atoms with Gasteiger partial charge in [-0.3, -0.25) is 0 Å². The normalized spacial score (nSPS) is 41.3. The Morgan fingerprint density at radius 2 is 1.89 bits per heavy atom. The molecule has 0 saturated carbocycles. The smallest absolute Gasteiger partial charge is 0.184 e. The van der Waals surface area contributed by atoms with Crippen LogP contribution in [-0.4, -0.2) is 23.3 Å². The Morgan fingerprint density at radius 3 is 2.00 bits per heavy atom. The maximum Gasteiger partial charge on any atom is 0.184 e. The second kappa shape index (κ2) is 1.94. The predicted molar refractivity (Wildman–Crippen MR) is 31.7 cm³/mol. The molecule has 54 valence electrons. The lowest BCUT2D eigenvalue weighted by molar-refractivity contribution is -0.174. The van der Waals surface area contributed by atoms with Crippen molar-refractivity contribution in [3.05, 3.63) is 0 Å². The number of ether oxygens (including phenoxy) is 2. The highest BCUT2D eigenvalue weighted by Gasteiger charge is 2.37. The number of hydrogen-bond donors (Lipinski definition) is 1. The van der Waals surface area contributed by atoms with Crippen molar-refractivity contribution < 1.29 is 14.6 Å². The molecule has 1 saturated heterocycles. The van der Waals surface area contributed by atoms with Crippen molar-refractivity contribution >= 4 is 0 Å². The van der Waals surface area contributed by atoms with Crippen LogP contribution in [0.5, 0.6) is 0 Å². The van der Waals surface area contributed by atoms with Crippen LogP contribution in [0.25, 0.3) is 0 Å². The molecule has 1 N–H and O–H groups in total.